The summed E-state index contributed by atoms with van der Waals surface area (Å²) >= 11 is 1.20. The van der Waals surface area contributed by atoms with Crippen LogP contribution in [0.4, 0.5) is 5.00 Å². The summed E-state index contributed by atoms with van der Waals surface area (Å²) in [7, 11) is 0. The molecule has 1 rings (SSSR count). The first-order chi connectivity index (χ1) is 9.09. The SMILES string of the molecule is CC(C)CCCCCCNCc1csc([N+](=O)[O-])c1. The van der Waals surface area contributed by atoms with E-state index in [1.807, 2.05) is 5.38 Å². The smallest absolute Gasteiger partial charge is 0.313 e. The molecule has 0 fully saturated rings. The summed E-state index contributed by atoms with van der Waals surface area (Å²) in [4.78, 5) is 10.2. The lowest BCUT2D eigenvalue weighted by Gasteiger charge is -2.05. The molecular formula is C14H24N2O2S. The lowest BCUT2D eigenvalue weighted by molar-refractivity contribution is -0.380. The Morgan fingerprint density at radius 2 is 2.05 bits per heavy atom. The van der Waals surface area contributed by atoms with Gasteiger partial charge in [-0.3, -0.25) is 10.1 Å². The van der Waals surface area contributed by atoms with Gasteiger partial charge in [-0.25, -0.2) is 0 Å². The van der Waals surface area contributed by atoms with E-state index in [1.165, 1.54) is 43.4 Å². The second-order valence-corrected chi connectivity index (χ2v) is 6.21. The first-order valence-electron chi connectivity index (χ1n) is 7.02. The van der Waals surface area contributed by atoms with Crippen molar-refractivity contribution in [2.75, 3.05) is 6.54 Å². The van der Waals surface area contributed by atoms with E-state index in [-0.39, 0.29) is 9.92 Å². The summed E-state index contributed by atoms with van der Waals surface area (Å²) in [6.07, 6.45) is 6.41. The van der Waals surface area contributed by atoms with Crippen molar-refractivity contribution in [3.8, 4) is 0 Å². The Bertz CT molecular complexity index is 377. The fourth-order valence-electron chi connectivity index (χ4n) is 1.94. The van der Waals surface area contributed by atoms with Crippen molar-refractivity contribution in [2.45, 2.75) is 52.5 Å². The first kappa shape index (κ1) is 16.1. The lowest BCUT2D eigenvalue weighted by atomic mass is 10.0. The Morgan fingerprint density at radius 3 is 2.68 bits per heavy atom. The molecule has 0 aliphatic carbocycles. The van der Waals surface area contributed by atoms with Gasteiger partial charge in [0.15, 0.2) is 0 Å². The number of rotatable bonds is 10. The molecule has 19 heavy (non-hydrogen) atoms. The van der Waals surface area contributed by atoms with E-state index in [4.69, 9.17) is 0 Å². The Morgan fingerprint density at radius 1 is 1.32 bits per heavy atom. The molecule has 1 aromatic heterocycles. The molecule has 1 aromatic rings. The maximum absolute atomic E-state index is 10.5. The van der Waals surface area contributed by atoms with E-state index in [2.05, 4.69) is 19.2 Å². The van der Waals surface area contributed by atoms with Crippen molar-refractivity contribution in [3.05, 3.63) is 27.1 Å². The first-order valence-corrected chi connectivity index (χ1v) is 7.90. The molecule has 0 saturated heterocycles. The van der Waals surface area contributed by atoms with E-state index < -0.39 is 0 Å². The molecule has 0 atom stereocenters. The minimum atomic E-state index is -0.330. The van der Waals surface area contributed by atoms with Gasteiger partial charge in [-0.05, 0) is 24.4 Å². The number of nitrogens with one attached hydrogen (secondary N) is 1. The van der Waals surface area contributed by atoms with Gasteiger partial charge in [-0.1, -0.05) is 50.9 Å². The molecular weight excluding hydrogens is 260 g/mol. The highest BCUT2D eigenvalue weighted by Crippen LogP contribution is 2.22. The van der Waals surface area contributed by atoms with Crippen LogP contribution < -0.4 is 5.32 Å². The van der Waals surface area contributed by atoms with Crippen LogP contribution >= 0.6 is 11.3 Å². The van der Waals surface area contributed by atoms with Crippen molar-refractivity contribution in [1.82, 2.24) is 5.32 Å². The van der Waals surface area contributed by atoms with E-state index >= 15 is 0 Å². The van der Waals surface area contributed by atoms with Crippen LogP contribution in [0.3, 0.4) is 0 Å². The molecule has 0 aliphatic heterocycles. The average molecular weight is 284 g/mol. The Kier molecular flexibility index (Phi) is 7.67. The summed E-state index contributed by atoms with van der Waals surface area (Å²) in [5, 5.41) is 16.0. The summed E-state index contributed by atoms with van der Waals surface area (Å²) in [6.45, 7) is 6.25. The second-order valence-electron chi connectivity index (χ2n) is 5.32. The zero-order valence-corrected chi connectivity index (χ0v) is 12.7. The van der Waals surface area contributed by atoms with Crippen LogP contribution in [0.15, 0.2) is 11.4 Å². The van der Waals surface area contributed by atoms with Crippen LogP contribution in [-0.4, -0.2) is 11.5 Å². The van der Waals surface area contributed by atoms with Gasteiger partial charge in [0.05, 0.1) is 4.92 Å². The van der Waals surface area contributed by atoms with Gasteiger partial charge in [0.1, 0.15) is 0 Å². The molecule has 0 saturated carbocycles. The van der Waals surface area contributed by atoms with Crippen molar-refractivity contribution < 1.29 is 4.92 Å². The highest BCUT2D eigenvalue weighted by Gasteiger charge is 2.08. The molecule has 0 unspecified atom stereocenters. The lowest BCUT2D eigenvalue weighted by Crippen LogP contribution is -2.14. The van der Waals surface area contributed by atoms with E-state index in [0.717, 1.165) is 24.6 Å². The molecule has 1 heterocycles. The summed E-state index contributed by atoms with van der Waals surface area (Å²) in [5.41, 5.74) is 1.01. The zero-order chi connectivity index (χ0) is 14.1. The molecule has 0 aromatic carbocycles. The monoisotopic (exact) mass is 284 g/mol. The largest absolute Gasteiger partial charge is 0.324 e. The van der Waals surface area contributed by atoms with Gasteiger partial charge < -0.3 is 5.32 Å². The predicted molar refractivity (Wildman–Crippen MR) is 80.6 cm³/mol. The molecule has 5 heteroatoms. The quantitative estimate of drug-likeness (QED) is 0.395. The molecule has 0 amide bonds. The molecule has 1 N–H and O–H groups in total. The highest BCUT2D eigenvalue weighted by molar-refractivity contribution is 7.13. The molecule has 0 bridgehead atoms. The van der Waals surface area contributed by atoms with Crippen LogP contribution in [-0.2, 0) is 6.54 Å². The van der Waals surface area contributed by atoms with Crippen LogP contribution in [0.1, 0.15) is 51.5 Å². The minimum absolute atomic E-state index is 0.227. The van der Waals surface area contributed by atoms with Gasteiger partial charge >= 0.3 is 5.00 Å². The zero-order valence-electron chi connectivity index (χ0n) is 11.9. The standard InChI is InChI=1S/C14H24N2O2S/c1-12(2)7-5-3-4-6-8-15-10-13-9-14(16(17)18)19-11-13/h9,11-12,15H,3-8,10H2,1-2H3. The third-order valence-corrected chi connectivity index (χ3v) is 3.96. The summed E-state index contributed by atoms with van der Waals surface area (Å²) in [5.74, 6) is 0.813. The van der Waals surface area contributed by atoms with Crippen LogP contribution in [0.2, 0.25) is 0 Å². The number of hydrogen-bond donors (Lipinski definition) is 1. The Labute approximate surface area is 119 Å². The van der Waals surface area contributed by atoms with E-state index in [0.29, 0.717) is 0 Å². The maximum atomic E-state index is 10.5. The predicted octanol–water partition coefficient (Wildman–Crippen LogP) is 4.35. The summed E-state index contributed by atoms with van der Waals surface area (Å²) in [6, 6.07) is 1.65. The van der Waals surface area contributed by atoms with E-state index in [1.54, 1.807) is 6.07 Å². The van der Waals surface area contributed by atoms with E-state index in [9.17, 15) is 10.1 Å². The third-order valence-electron chi connectivity index (χ3n) is 3.03. The average Bonchev–Trinajstić information content (AvgIpc) is 2.81. The van der Waals surface area contributed by atoms with Crippen LogP contribution in [0, 0.1) is 16.0 Å². The number of nitro groups is 1. The third kappa shape index (κ3) is 7.28. The van der Waals surface area contributed by atoms with Gasteiger partial charge in [0.2, 0.25) is 0 Å². The Hall–Kier alpha value is -0.940. The number of nitrogens with zero attached hydrogens (tertiary/aromatic N) is 1. The second kappa shape index (κ2) is 9.04. The van der Waals surface area contributed by atoms with Gasteiger partial charge in [-0.2, -0.15) is 0 Å². The number of unbranched alkanes of at least 4 members (excludes halogenated alkanes) is 3. The summed E-state index contributed by atoms with van der Waals surface area (Å²) < 4.78 is 0. The van der Waals surface area contributed by atoms with Crippen molar-refractivity contribution >= 4 is 16.3 Å². The van der Waals surface area contributed by atoms with Crippen molar-refractivity contribution in [2.24, 2.45) is 5.92 Å². The van der Waals surface area contributed by atoms with Crippen molar-refractivity contribution in [3.63, 3.8) is 0 Å². The maximum Gasteiger partial charge on any atom is 0.324 e. The minimum Gasteiger partial charge on any atom is -0.313 e. The fourth-order valence-corrected chi connectivity index (χ4v) is 2.67. The van der Waals surface area contributed by atoms with Gasteiger partial charge in [0.25, 0.3) is 0 Å². The Balaban J connectivity index is 2.00. The highest BCUT2D eigenvalue weighted by atomic mass is 32.1. The molecule has 0 radical (unpaired) electrons. The van der Waals surface area contributed by atoms with Crippen molar-refractivity contribution in [1.29, 1.82) is 0 Å². The normalized spacial score (nSPS) is 11.1. The molecule has 108 valence electrons. The van der Waals surface area contributed by atoms with Crippen LogP contribution in [0.25, 0.3) is 0 Å². The molecule has 4 nitrogen and oxygen atoms in total. The number of hydrogen-bond acceptors (Lipinski definition) is 4. The number of thiophene rings is 1. The molecule has 0 aliphatic rings. The topological polar surface area (TPSA) is 55.2 Å². The molecule has 0 spiro atoms. The fraction of sp³-hybridized carbons (Fsp3) is 0.714. The van der Waals surface area contributed by atoms with Gasteiger partial charge in [0, 0.05) is 18.0 Å². The van der Waals surface area contributed by atoms with Crippen LogP contribution in [0.5, 0.6) is 0 Å². The van der Waals surface area contributed by atoms with Gasteiger partial charge in [-0.15, -0.1) is 0 Å².